The van der Waals surface area contributed by atoms with Gasteiger partial charge in [0.2, 0.25) is 0 Å². The van der Waals surface area contributed by atoms with Crippen LogP contribution in [0.4, 0.5) is 0 Å². The first-order chi connectivity index (χ1) is 9.17. The van der Waals surface area contributed by atoms with Crippen LogP contribution in [0.25, 0.3) is 0 Å². The zero-order chi connectivity index (χ0) is 13.8. The van der Waals surface area contributed by atoms with E-state index in [1.807, 2.05) is 31.2 Å². The molecule has 1 unspecified atom stereocenters. The number of aryl methyl sites for hydroxylation is 1. The van der Waals surface area contributed by atoms with Crippen LogP contribution >= 0.6 is 11.6 Å². The van der Waals surface area contributed by atoms with Gasteiger partial charge in [0.1, 0.15) is 6.10 Å². The normalized spacial score (nSPS) is 12.6. The zero-order valence-electron chi connectivity index (χ0n) is 11.0. The molecule has 1 atom stereocenters. The highest BCUT2D eigenvalue weighted by Crippen LogP contribution is 2.28. The van der Waals surface area contributed by atoms with E-state index in [9.17, 15) is 5.11 Å². The van der Waals surface area contributed by atoms with Gasteiger partial charge >= 0.3 is 0 Å². The van der Waals surface area contributed by atoms with Gasteiger partial charge in [0.05, 0.1) is 23.5 Å². The fraction of sp³-hybridized carbons (Fsp3) is 0.357. The van der Waals surface area contributed by atoms with Crippen molar-refractivity contribution in [3.8, 4) is 0 Å². The molecule has 2 aromatic rings. The highest BCUT2D eigenvalue weighted by atomic mass is 35.5. The van der Waals surface area contributed by atoms with Gasteiger partial charge in [-0.2, -0.15) is 5.10 Å². The van der Waals surface area contributed by atoms with Crippen LogP contribution < -0.4 is 0 Å². The van der Waals surface area contributed by atoms with E-state index >= 15 is 0 Å². The molecular formula is C14H17ClN2O2. The summed E-state index contributed by atoms with van der Waals surface area (Å²) in [5.41, 5.74) is 2.48. The number of nitrogens with zero attached hydrogens (tertiary/aromatic N) is 2. The minimum Gasteiger partial charge on any atom is -0.382 e. The number of aliphatic hydroxyl groups is 1. The lowest BCUT2D eigenvalue weighted by Crippen LogP contribution is -2.09. The highest BCUT2D eigenvalue weighted by Gasteiger charge is 2.19. The summed E-state index contributed by atoms with van der Waals surface area (Å²) in [4.78, 5) is 0. The highest BCUT2D eigenvalue weighted by molar-refractivity contribution is 6.31. The second-order valence-corrected chi connectivity index (χ2v) is 4.68. The summed E-state index contributed by atoms with van der Waals surface area (Å²) in [6.07, 6.45) is 0.787. The molecule has 0 aliphatic carbocycles. The van der Waals surface area contributed by atoms with Crippen LogP contribution in [0.5, 0.6) is 0 Å². The molecule has 0 spiro atoms. The van der Waals surface area contributed by atoms with Gasteiger partial charge in [-0.3, -0.25) is 4.68 Å². The molecule has 0 saturated carbocycles. The van der Waals surface area contributed by atoms with E-state index in [1.165, 1.54) is 0 Å². The number of hydrogen-bond acceptors (Lipinski definition) is 3. The minimum atomic E-state index is -0.772. The summed E-state index contributed by atoms with van der Waals surface area (Å²) >= 11 is 6.09. The van der Waals surface area contributed by atoms with Crippen molar-refractivity contribution in [3.63, 3.8) is 0 Å². The SMILES string of the molecule is CCn1ncc(Cl)c1C(O)c1ccc(COC)cc1. The molecule has 1 N–H and O–H groups in total. The van der Waals surface area contributed by atoms with Crippen molar-refractivity contribution in [2.24, 2.45) is 0 Å². The lowest BCUT2D eigenvalue weighted by atomic mass is 10.0. The van der Waals surface area contributed by atoms with Crippen LogP contribution in [0.2, 0.25) is 5.02 Å². The Morgan fingerprint density at radius 2 is 2.05 bits per heavy atom. The maximum absolute atomic E-state index is 10.4. The Morgan fingerprint density at radius 1 is 1.37 bits per heavy atom. The van der Waals surface area contributed by atoms with Gasteiger partial charge in [-0.15, -0.1) is 0 Å². The number of aliphatic hydroxyl groups excluding tert-OH is 1. The van der Waals surface area contributed by atoms with Gasteiger partial charge in [-0.25, -0.2) is 0 Å². The van der Waals surface area contributed by atoms with Crippen LogP contribution in [0.3, 0.4) is 0 Å². The van der Waals surface area contributed by atoms with Crippen LogP contribution in [0, 0.1) is 0 Å². The molecule has 102 valence electrons. The monoisotopic (exact) mass is 280 g/mol. The van der Waals surface area contributed by atoms with E-state index in [4.69, 9.17) is 16.3 Å². The average Bonchev–Trinajstić information content (AvgIpc) is 2.80. The molecule has 0 saturated heterocycles. The predicted molar refractivity (Wildman–Crippen MR) is 74.1 cm³/mol. The Hall–Kier alpha value is -1.36. The molecule has 1 aromatic carbocycles. The molecule has 0 aliphatic heterocycles. The van der Waals surface area contributed by atoms with E-state index in [2.05, 4.69) is 5.10 Å². The molecular weight excluding hydrogens is 264 g/mol. The molecule has 1 aromatic heterocycles. The Morgan fingerprint density at radius 3 is 2.63 bits per heavy atom. The van der Waals surface area contributed by atoms with Crippen molar-refractivity contribution in [3.05, 3.63) is 52.3 Å². The molecule has 0 amide bonds. The smallest absolute Gasteiger partial charge is 0.122 e. The molecule has 0 bridgehead atoms. The summed E-state index contributed by atoms with van der Waals surface area (Å²) in [5.74, 6) is 0. The first-order valence-corrected chi connectivity index (χ1v) is 6.52. The van der Waals surface area contributed by atoms with Crippen LogP contribution in [-0.4, -0.2) is 22.0 Å². The van der Waals surface area contributed by atoms with Gasteiger partial charge in [-0.1, -0.05) is 35.9 Å². The standard InChI is InChI=1S/C14H17ClN2O2/c1-3-17-13(12(15)8-16-17)14(18)11-6-4-10(5-7-11)9-19-2/h4-8,14,18H,3,9H2,1-2H3. The quantitative estimate of drug-likeness (QED) is 0.916. The van der Waals surface area contributed by atoms with E-state index in [1.54, 1.807) is 18.0 Å². The van der Waals surface area contributed by atoms with Crippen molar-refractivity contribution in [1.29, 1.82) is 0 Å². The van der Waals surface area contributed by atoms with Crippen molar-refractivity contribution >= 4 is 11.6 Å². The molecule has 0 radical (unpaired) electrons. The number of hydrogen-bond donors (Lipinski definition) is 1. The van der Waals surface area contributed by atoms with Crippen molar-refractivity contribution in [2.75, 3.05) is 7.11 Å². The van der Waals surface area contributed by atoms with Crippen LogP contribution in [-0.2, 0) is 17.9 Å². The van der Waals surface area contributed by atoms with Gasteiger partial charge in [0.15, 0.2) is 0 Å². The number of methoxy groups -OCH3 is 1. The second-order valence-electron chi connectivity index (χ2n) is 4.27. The van der Waals surface area contributed by atoms with E-state index in [0.29, 0.717) is 23.9 Å². The average molecular weight is 281 g/mol. The van der Waals surface area contributed by atoms with E-state index in [-0.39, 0.29) is 0 Å². The summed E-state index contributed by atoms with van der Waals surface area (Å²) in [6.45, 7) is 3.19. The topological polar surface area (TPSA) is 47.3 Å². The number of benzene rings is 1. The van der Waals surface area contributed by atoms with Crippen molar-refractivity contribution in [2.45, 2.75) is 26.2 Å². The fourth-order valence-corrected chi connectivity index (χ4v) is 2.26. The molecule has 5 heteroatoms. The van der Waals surface area contributed by atoms with Crippen LogP contribution in [0.1, 0.15) is 29.8 Å². The first-order valence-electron chi connectivity index (χ1n) is 6.14. The third-order valence-electron chi connectivity index (χ3n) is 3.00. The number of halogens is 1. The summed E-state index contributed by atoms with van der Waals surface area (Å²) in [7, 11) is 1.66. The minimum absolute atomic E-state index is 0.482. The predicted octanol–water partition coefficient (Wildman–Crippen LogP) is 2.78. The van der Waals surface area contributed by atoms with Crippen LogP contribution in [0.15, 0.2) is 30.5 Å². The first kappa shape index (κ1) is 14.1. The maximum Gasteiger partial charge on any atom is 0.122 e. The second kappa shape index (κ2) is 6.19. The van der Waals surface area contributed by atoms with Gasteiger partial charge < -0.3 is 9.84 Å². The zero-order valence-corrected chi connectivity index (χ0v) is 11.8. The maximum atomic E-state index is 10.4. The molecule has 4 nitrogen and oxygen atoms in total. The fourth-order valence-electron chi connectivity index (χ4n) is 2.02. The molecule has 19 heavy (non-hydrogen) atoms. The van der Waals surface area contributed by atoms with Gasteiger partial charge in [0.25, 0.3) is 0 Å². The van der Waals surface area contributed by atoms with Crippen molar-refractivity contribution < 1.29 is 9.84 Å². The Kier molecular flexibility index (Phi) is 4.58. The van der Waals surface area contributed by atoms with E-state index < -0.39 is 6.10 Å². The molecule has 2 rings (SSSR count). The molecule has 1 heterocycles. The van der Waals surface area contributed by atoms with Gasteiger partial charge in [-0.05, 0) is 18.1 Å². The Bertz CT molecular complexity index is 537. The third kappa shape index (κ3) is 2.97. The summed E-state index contributed by atoms with van der Waals surface area (Å²) < 4.78 is 6.76. The molecule has 0 aliphatic rings. The number of rotatable bonds is 5. The summed E-state index contributed by atoms with van der Waals surface area (Å²) in [5, 5.41) is 15.0. The molecule has 0 fully saturated rings. The largest absolute Gasteiger partial charge is 0.382 e. The number of ether oxygens (including phenoxy) is 1. The van der Waals surface area contributed by atoms with E-state index in [0.717, 1.165) is 11.1 Å². The lowest BCUT2D eigenvalue weighted by molar-refractivity contribution is 0.184. The third-order valence-corrected chi connectivity index (χ3v) is 3.29. The Labute approximate surface area is 117 Å². The van der Waals surface area contributed by atoms with Crippen molar-refractivity contribution in [1.82, 2.24) is 9.78 Å². The summed E-state index contributed by atoms with van der Waals surface area (Å²) in [6, 6.07) is 7.62. The van der Waals surface area contributed by atoms with Gasteiger partial charge in [0, 0.05) is 13.7 Å². The number of aromatic nitrogens is 2. The lowest BCUT2D eigenvalue weighted by Gasteiger charge is -2.14. The Balaban J connectivity index is 2.27.